The zero-order valence-corrected chi connectivity index (χ0v) is 18.0. The van der Waals surface area contributed by atoms with Crippen LogP contribution in [0.5, 0.6) is 0 Å². The molecular formula is C27H33NO2. The molecule has 2 aromatic carbocycles. The molecule has 0 saturated heterocycles. The average molecular weight is 404 g/mol. The van der Waals surface area contributed by atoms with Crippen molar-refractivity contribution in [1.82, 2.24) is 0 Å². The number of nitrogens with one attached hydrogen (secondary N) is 1. The van der Waals surface area contributed by atoms with E-state index in [0.29, 0.717) is 17.6 Å². The standard InChI is InChI=1S/C27H33NO2/c1-2-30-26(29)23-8-9-24(25(13-23)28-18-19-6-4-3-5-7-19)17-27-14-20-10-21(15-27)12-22(11-20)16-27/h3-9,13,20-22,28H,2,10-12,14-18H2,1H3. The van der Waals surface area contributed by atoms with Crippen molar-refractivity contribution in [2.45, 2.75) is 58.4 Å². The zero-order chi connectivity index (χ0) is 20.6. The van der Waals surface area contributed by atoms with Crippen LogP contribution in [-0.4, -0.2) is 12.6 Å². The number of anilines is 1. The van der Waals surface area contributed by atoms with E-state index in [4.69, 9.17) is 4.74 Å². The van der Waals surface area contributed by atoms with E-state index in [9.17, 15) is 4.79 Å². The molecule has 0 aliphatic heterocycles. The molecule has 4 fully saturated rings. The highest BCUT2D eigenvalue weighted by molar-refractivity contribution is 5.90. The van der Waals surface area contributed by atoms with E-state index in [-0.39, 0.29) is 5.97 Å². The first kappa shape index (κ1) is 19.7. The lowest BCUT2D eigenvalue weighted by atomic mass is 9.48. The van der Waals surface area contributed by atoms with Gasteiger partial charge in [-0.15, -0.1) is 0 Å². The molecule has 4 aliphatic carbocycles. The van der Waals surface area contributed by atoms with Crippen LogP contribution in [0, 0.1) is 23.2 Å². The van der Waals surface area contributed by atoms with Crippen LogP contribution in [0.25, 0.3) is 0 Å². The number of ether oxygens (including phenoxy) is 1. The molecule has 1 N–H and O–H groups in total. The molecule has 0 radical (unpaired) electrons. The van der Waals surface area contributed by atoms with E-state index in [0.717, 1.165) is 36.4 Å². The highest BCUT2D eigenvalue weighted by Gasteiger charge is 2.50. The molecule has 4 aliphatic rings. The maximum Gasteiger partial charge on any atom is 0.338 e. The van der Waals surface area contributed by atoms with Crippen molar-refractivity contribution in [3.05, 3.63) is 65.2 Å². The summed E-state index contributed by atoms with van der Waals surface area (Å²) >= 11 is 0. The van der Waals surface area contributed by atoms with Crippen LogP contribution in [0.4, 0.5) is 5.69 Å². The normalized spacial score (nSPS) is 29.0. The molecule has 6 rings (SSSR count). The van der Waals surface area contributed by atoms with Gasteiger partial charge in [-0.25, -0.2) is 4.79 Å². The first-order valence-corrected chi connectivity index (χ1v) is 11.7. The van der Waals surface area contributed by atoms with Crippen LogP contribution in [-0.2, 0) is 17.7 Å². The van der Waals surface area contributed by atoms with Crippen molar-refractivity contribution < 1.29 is 9.53 Å². The molecule has 0 atom stereocenters. The average Bonchev–Trinajstić information content (AvgIpc) is 2.72. The summed E-state index contributed by atoms with van der Waals surface area (Å²) in [5.74, 6) is 2.63. The Hall–Kier alpha value is -2.29. The third-order valence-corrected chi connectivity index (χ3v) is 7.68. The minimum absolute atomic E-state index is 0.235. The Bertz CT molecular complexity index is 869. The zero-order valence-electron chi connectivity index (χ0n) is 18.0. The second kappa shape index (κ2) is 8.09. The third kappa shape index (κ3) is 3.99. The molecule has 30 heavy (non-hydrogen) atoms. The van der Waals surface area contributed by atoms with Gasteiger partial charge in [0.15, 0.2) is 0 Å². The molecule has 0 amide bonds. The topological polar surface area (TPSA) is 38.3 Å². The van der Waals surface area contributed by atoms with Crippen LogP contribution >= 0.6 is 0 Å². The molecule has 158 valence electrons. The molecule has 2 aromatic rings. The van der Waals surface area contributed by atoms with Crippen molar-refractivity contribution >= 4 is 11.7 Å². The van der Waals surface area contributed by atoms with Crippen LogP contribution in [0.2, 0.25) is 0 Å². The first-order chi connectivity index (χ1) is 14.6. The van der Waals surface area contributed by atoms with Crippen molar-refractivity contribution in [3.63, 3.8) is 0 Å². The molecule has 4 bridgehead atoms. The van der Waals surface area contributed by atoms with Gasteiger partial charge in [-0.1, -0.05) is 36.4 Å². The summed E-state index contributed by atoms with van der Waals surface area (Å²) in [5, 5.41) is 3.64. The molecule has 0 aromatic heterocycles. The lowest BCUT2D eigenvalue weighted by Crippen LogP contribution is -2.47. The molecule has 3 nitrogen and oxygen atoms in total. The Balaban J connectivity index is 1.41. The van der Waals surface area contributed by atoms with Gasteiger partial charge in [0.1, 0.15) is 0 Å². The van der Waals surface area contributed by atoms with Gasteiger partial charge in [-0.05, 0) is 98.3 Å². The fourth-order valence-corrected chi connectivity index (χ4v) is 6.94. The molecule has 0 heterocycles. The minimum atomic E-state index is -0.235. The maximum absolute atomic E-state index is 12.3. The predicted octanol–water partition coefficient (Wildman–Crippen LogP) is 6.23. The third-order valence-electron chi connectivity index (χ3n) is 7.68. The van der Waals surface area contributed by atoms with Gasteiger partial charge >= 0.3 is 5.97 Å². The SMILES string of the molecule is CCOC(=O)c1ccc(CC23CC4CC(CC(C4)C2)C3)c(NCc2ccccc2)c1. The Labute approximate surface area is 180 Å². The number of carbonyl (C=O) groups excluding carboxylic acids is 1. The Morgan fingerprint density at radius 3 is 2.30 bits per heavy atom. The summed E-state index contributed by atoms with van der Waals surface area (Å²) in [6.45, 7) is 3.02. The van der Waals surface area contributed by atoms with Gasteiger partial charge in [0.2, 0.25) is 0 Å². The largest absolute Gasteiger partial charge is 0.462 e. The Morgan fingerprint density at radius 1 is 1.00 bits per heavy atom. The van der Waals surface area contributed by atoms with Gasteiger partial charge in [-0.2, -0.15) is 0 Å². The van der Waals surface area contributed by atoms with Crippen LogP contribution in [0.15, 0.2) is 48.5 Å². The summed E-state index contributed by atoms with van der Waals surface area (Å²) in [6, 6.07) is 16.6. The highest BCUT2D eigenvalue weighted by Crippen LogP contribution is 2.61. The second-order valence-electron chi connectivity index (χ2n) is 10.0. The molecule has 0 spiro atoms. The number of hydrogen-bond acceptors (Lipinski definition) is 3. The number of hydrogen-bond donors (Lipinski definition) is 1. The summed E-state index contributed by atoms with van der Waals surface area (Å²) in [7, 11) is 0. The van der Waals surface area contributed by atoms with Crippen molar-refractivity contribution in [3.8, 4) is 0 Å². The fourth-order valence-electron chi connectivity index (χ4n) is 6.94. The molecule has 4 saturated carbocycles. The predicted molar refractivity (Wildman–Crippen MR) is 120 cm³/mol. The van der Waals surface area contributed by atoms with Gasteiger partial charge in [0.05, 0.1) is 12.2 Å². The number of esters is 1. The molecule has 3 heteroatoms. The number of carbonyl (C=O) groups is 1. The quantitative estimate of drug-likeness (QED) is 0.557. The van der Waals surface area contributed by atoms with E-state index < -0.39 is 0 Å². The smallest absolute Gasteiger partial charge is 0.338 e. The van der Waals surface area contributed by atoms with Crippen LogP contribution in [0.1, 0.15) is 66.9 Å². The first-order valence-electron chi connectivity index (χ1n) is 11.7. The summed E-state index contributed by atoms with van der Waals surface area (Å²) in [4.78, 5) is 12.3. The Morgan fingerprint density at radius 2 is 1.67 bits per heavy atom. The maximum atomic E-state index is 12.3. The van der Waals surface area contributed by atoms with Crippen molar-refractivity contribution in [2.75, 3.05) is 11.9 Å². The summed E-state index contributed by atoms with van der Waals surface area (Å²) in [6.07, 6.45) is 9.75. The number of benzene rings is 2. The lowest BCUT2D eigenvalue weighted by Gasteiger charge is -2.57. The summed E-state index contributed by atoms with van der Waals surface area (Å²) < 4.78 is 5.25. The fraction of sp³-hybridized carbons (Fsp3) is 0.519. The molecular weight excluding hydrogens is 370 g/mol. The van der Waals surface area contributed by atoms with Gasteiger partial charge in [-0.3, -0.25) is 0 Å². The van der Waals surface area contributed by atoms with E-state index in [1.165, 1.54) is 49.7 Å². The van der Waals surface area contributed by atoms with E-state index in [2.05, 4.69) is 35.6 Å². The second-order valence-corrected chi connectivity index (χ2v) is 10.0. The van der Waals surface area contributed by atoms with Crippen molar-refractivity contribution in [2.24, 2.45) is 23.2 Å². The summed E-state index contributed by atoms with van der Waals surface area (Å²) in [5.41, 5.74) is 4.83. The Kier molecular flexibility index (Phi) is 5.30. The van der Waals surface area contributed by atoms with Gasteiger partial charge in [0, 0.05) is 12.2 Å². The van der Waals surface area contributed by atoms with E-state index in [1.807, 2.05) is 25.1 Å². The number of rotatable bonds is 7. The molecule has 0 unspecified atom stereocenters. The highest BCUT2D eigenvalue weighted by atomic mass is 16.5. The van der Waals surface area contributed by atoms with Crippen LogP contribution < -0.4 is 5.32 Å². The monoisotopic (exact) mass is 403 g/mol. The van der Waals surface area contributed by atoms with E-state index in [1.54, 1.807) is 0 Å². The van der Waals surface area contributed by atoms with Crippen LogP contribution in [0.3, 0.4) is 0 Å². The minimum Gasteiger partial charge on any atom is -0.462 e. The van der Waals surface area contributed by atoms with Gasteiger partial charge < -0.3 is 10.1 Å². The van der Waals surface area contributed by atoms with Crippen molar-refractivity contribution in [1.29, 1.82) is 0 Å². The van der Waals surface area contributed by atoms with Gasteiger partial charge in [0.25, 0.3) is 0 Å². The van der Waals surface area contributed by atoms with E-state index >= 15 is 0 Å². The lowest BCUT2D eigenvalue weighted by molar-refractivity contribution is -0.0521.